The molecule has 0 aliphatic rings. The Kier molecular flexibility index (Phi) is 74.2. The fraction of sp³-hybridized carbons (Fsp3) is 0.765. The molecule has 0 fully saturated rings. The van der Waals surface area contributed by atoms with Crippen molar-refractivity contribution in [3.05, 3.63) is 97.2 Å². The van der Waals surface area contributed by atoms with Crippen LogP contribution in [0.5, 0.6) is 0 Å². The van der Waals surface area contributed by atoms with Crippen LogP contribution in [-0.2, 0) is 65.4 Å². The maximum absolute atomic E-state index is 13.1. The number of carbonyl (C=O) groups excluding carboxylic acids is 4. The molecule has 0 aromatic carbocycles. The Bertz CT molecular complexity index is 2350. The predicted octanol–water partition coefficient (Wildman–Crippen LogP) is 24.3. The minimum atomic E-state index is -4.99. The number of allylic oxidation sites excluding steroid dienone is 16. The molecule has 0 aromatic heterocycles. The summed E-state index contributed by atoms with van der Waals surface area (Å²) in [5.74, 6) is -2.25. The van der Waals surface area contributed by atoms with E-state index in [0.717, 1.165) is 135 Å². The lowest BCUT2D eigenvalue weighted by Crippen LogP contribution is -2.30. The van der Waals surface area contributed by atoms with E-state index < -0.39 is 97.5 Å². The van der Waals surface area contributed by atoms with Crippen molar-refractivity contribution in [2.45, 2.75) is 380 Å². The van der Waals surface area contributed by atoms with Gasteiger partial charge in [0.2, 0.25) is 0 Å². The summed E-state index contributed by atoms with van der Waals surface area (Å²) in [5.41, 5.74) is 0. The van der Waals surface area contributed by atoms with Crippen LogP contribution in [-0.4, -0.2) is 96.7 Å². The summed E-state index contributed by atoms with van der Waals surface area (Å²) in [5, 5.41) is 10.7. The molecule has 17 nitrogen and oxygen atoms in total. The molecular formula is C85H150O17P2. The van der Waals surface area contributed by atoms with E-state index in [1.807, 2.05) is 12.2 Å². The molecule has 0 saturated carbocycles. The highest BCUT2D eigenvalue weighted by Crippen LogP contribution is 2.45. The number of rotatable bonds is 78. The van der Waals surface area contributed by atoms with Crippen LogP contribution in [0.4, 0.5) is 0 Å². The first kappa shape index (κ1) is 100.0. The molecule has 0 rings (SSSR count). The van der Waals surface area contributed by atoms with Gasteiger partial charge in [0, 0.05) is 25.7 Å². The van der Waals surface area contributed by atoms with E-state index in [1.165, 1.54) is 141 Å². The Morgan fingerprint density at radius 3 is 0.779 bits per heavy atom. The minimum absolute atomic E-state index is 0.0209. The van der Waals surface area contributed by atoms with E-state index in [1.54, 1.807) is 0 Å². The Hall–Kier alpha value is -4.02. The Balaban J connectivity index is 5.41. The van der Waals surface area contributed by atoms with Crippen LogP contribution in [0, 0.1) is 0 Å². The first-order chi connectivity index (χ1) is 50.7. The summed E-state index contributed by atoms with van der Waals surface area (Å²) in [6, 6.07) is 0. The number of unbranched alkanes of at least 4 members (excludes halogenated alkanes) is 36. The standard InChI is InChI=1S/C85H150O17P2/c1-5-9-13-17-21-25-29-33-37-39-43-46-50-54-58-62-66-70-83(88)96-76-81(102-85(90)72-68-64-60-56-52-48-44-40-38-34-30-26-22-18-14-10-6-2)78-100-104(93,94)98-74-79(86)73-97-103(91,92)99-77-80(101-84(89)71-67-63-59-55-51-47-42-36-32-28-24-20-16-12-8-4)75-95-82(87)69-65-61-57-53-49-45-41-35-31-27-23-19-15-11-7-3/h22-24,26-28,34-36,38,41-42,44,48,56,60,79-81,86H,5-21,25,29-33,37,39-40,43,45-47,49-55,57-59,61-78H2,1-4H3,(H,91,92)(H,93,94)/b26-22-,27-23-,28-24-,38-34-,41-35-,42-36-,48-44-,60-56-/t79-,80-,81-/m1/s1. The number of carbonyl (C=O) groups is 4. The lowest BCUT2D eigenvalue weighted by molar-refractivity contribution is -0.161. The zero-order valence-electron chi connectivity index (χ0n) is 65.9. The largest absolute Gasteiger partial charge is 0.472 e. The molecule has 104 heavy (non-hydrogen) atoms. The van der Waals surface area contributed by atoms with Crippen molar-refractivity contribution in [3.63, 3.8) is 0 Å². The first-order valence-electron chi connectivity index (χ1n) is 41.5. The Labute approximate surface area is 633 Å². The van der Waals surface area contributed by atoms with Crippen LogP contribution in [0.15, 0.2) is 97.2 Å². The normalized spacial score (nSPS) is 14.3. The van der Waals surface area contributed by atoms with Gasteiger partial charge in [0.05, 0.1) is 26.4 Å². The molecule has 0 spiro atoms. The summed E-state index contributed by atoms with van der Waals surface area (Å²) >= 11 is 0. The molecule has 0 saturated heterocycles. The Morgan fingerprint density at radius 2 is 0.481 bits per heavy atom. The predicted molar refractivity (Wildman–Crippen MR) is 427 cm³/mol. The number of aliphatic hydroxyl groups excluding tert-OH is 1. The average Bonchev–Trinajstić information content (AvgIpc) is 1.04. The molecule has 5 atom stereocenters. The fourth-order valence-electron chi connectivity index (χ4n) is 11.2. The maximum Gasteiger partial charge on any atom is 0.472 e. The smallest absolute Gasteiger partial charge is 0.462 e. The van der Waals surface area contributed by atoms with Crippen molar-refractivity contribution in [2.75, 3.05) is 39.6 Å². The second-order valence-corrected chi connectivity index (χ2v) is 30.6. The zero-order valence-corrected chi connectivity index (χ0v) is 67.7. The van der Waals surface area contributed by atoms with E-state index in [0.29, 0.717) is 32.1 Å². The molecule has 0 aliphatic carbocycles. The average molecular weight is 1510 g/mol. The molecule has 0 amide bonds. The van der Waals surface area contributed by atoms with Gasteiger partial charge < -0.3 is 33.8 Å². The number of phosphoric ester groups is 2. The number of ether oxygens (including phenoxy) is 4. The van der Waals surface area contributed by atoms with Gasteiger partial charge in [0.15, 0.2) is 12.2 Å². The maximum atomic E-state index is 13.1. The lowest BCUT2D eigenvalue weighted by Gasteiger charge is -2.21. The van der Waals surface area contributed by atoms with E-state index >= 15 is 0 Å². The third-order valence-corrected chi connectivity index (χ3v) is 19.4. The summed E-state index contributed by atoms with van der Waals surface area (Å²) in [7, 11) is -9.98. The van der Waals surface area contributed by atoms with Gasteiger partial charge in [-0.15, -0.1) is 0 Å². The highest BCUT2D eigenvalue weighted by molar-refractivity contribution is 7.47. The molecular weight excluding hydrogens is 1350 g/mol. The molecule has 19 heteroatoms. The van der Waals surface area contributed by atoms with Gasteiger partial charge in [-0.25, -0.2) is 9.13 Å². The van der Waals surface area contributed by atoms with Crippen LogP contribution < -0.4 is 0 Å². The van der Waals surface area contributed by atoms with Gasteiger partial charge in [-0.2, -0.15) is 0 Å². The first-order valence-corrected chi connectivity index (χ1v) is 44.5. The van der Waals surface area contributed by atoms with Crippen molar-refractivity contribution in [3.8, 4) is 0 Å². The van der Waals surface area contributed by atoms with Crippen molar-refractivity contribution in [1.82, 2.24) is 0 Å². The molecule has 602 valence electrons. The van der Waals surface area contributed by atoms with Crippen LogP contribution in [0.25, 0.3) is 0 Å². The third-order valence-electron chi connectivity index (χ3n) is 17.5. The summed E-state index contributed by atoms with van der Waals surface area (Å²) < 4.78 is 68.6. The molecule has 0 heterocycles. The van der Waals surface area contributed by atoms with E-state index in [-0.39, 0.29) is 25.7 Å². The van der Waals surface area contributed by atoms with Crippen molar-refractivity contribution in [2.24, 2.45) is 0 Å². The van der Waals surface area contributed by atoms with Crippen LogP contribution in [0.1, 0.15) is 362 Å². The topological polar surface area (TPSA) is 237 Å². The zero-order chi connectivity index (χ0) is 76.0. The van der Waals surface area contributed by atoms with E-state index in [4.69, 9.17) is 37.0 Å². The fourth-order valence-corrected chi connectivity index (χ4v) is 12.7. The van der Waals surface area contributed by atoms with Crippen LogP contribution in [0.2, 0.25) is 0 Å². The monoisotopic (exact) mass is 1510 g/mol. The minimum Gasteiger partial charge on any atom is -0.462 e. The van der Waals surface area contributed by atoms with Gasteiger partial charge in [-0.1, -0.05) is 305 Å². The highest BCUT2D eigenvalue weighted by atomic mass is 31.2. The number of aliphatic hydroxyl groups is 1. The molecule has 0 radical (unpaired) electrons. The second kappa shape index (κ2) is 77.1. The van der Waals surface area contributed by atoms with Crippen LogP contribution in [0.3, 0.4) is 0 Å². The summed E-state index contributed by atoms with van der Waals surface area (Å²) in [4.78, 5) is 73.1. The second-order valence-electron chi connectivity index (χ2n) is 27.7. The number of esters is 4. The number of hydrogen-bond donors (Lipinski definition) is 3. The molecule has 0 aliphatic heterocycles. The van der Waals surface area contributed by atoms with Crippen molar-refractivity contribution < 1.29 is 80.2 Å². The highest BCUT2D eigenvalue weighted by Gasteiger charge is 2.30. The SMILES string of the molecule is CCCCC/C=C\C/C=C\C/C=C\C/C=C\CCCC(=O)O[C@H](COC(=O)CCCCCCCCCCCCCCCCCCC)COP(=O)(O)OC[C@H](O)COP(=O)(O)OC[C@@H](COC(=O)CCCCCCC/C=C\C/C=C\CCCCC)OC(=O)CCCCCCC/C=C\C/C=C\CCCCC. The van der Waals surface area contributed by atoms with Gasteiger partial charge in [0.1, 0.15) is 19.3 Å². The summed E-state index contributed by atoms with van der Waals surface area (Å²) in [6.07, 6.45) is 82.4. The molecule has 0 bridgehead atoms. The number of phosphoric acid groups is 2. The van der Waals surface area contributed by atoms with Gasteiger partial charge in [-0.3, -0.25) is 37.3 Å². The molecule has 3 N–H and O–H groups in total. The van der Waals surface area contributed by atoms with Crippen LogP contribution >= 0.6 is 15.6 Å². The summed E-state index contributed by atoms with van der Waals surface area (Å²) in [6.45, 7) is 4.76. The number of hydrogen-bond acceptors (Lipinski definition) is 15. The van der Waals surface area contributed by atoms with Crippen molar-refractivity contribution in [1.29, 1.82) is 0 Å². The van der Waals surface area contributed by atoms with Gasteiger partial charge in [-0.05, 0) is 128 Å². The van der Waals surface area contributed by atoms with Gasteiger partial charge in [0.25, 0.3) is 0 Å². The van der Waals surface area contributed by atoms with E-state index in [2.05, 4.69) is 113 Å². The third kappa shape index (κ3) is 76.2. The molecule has 2 unspecified atom stereocenters. The Morgan fingerprint density at radius 1 is 0.269 bits per heavy atom. The van der Waals surface area contributed by atoms with Gasteiger partial charge >= 0.3 is 39.5 Å². The quantitative estimate of drug-likeness (QED) is 0.0169. The van der Waals surface area contributed by atoms with Crippen molar-refractivity contribution >= 4 is 39.5 Å². The molecule has 0 aromatic rings. The lowest BCUT2D eigenvalue weighted by atomic mass is 10.0. The van der Waals surface area contributed by atoms with E-state index in [9.17, 15) is 43.2 Å².